The second-order valence-corrected chi connectivity index (χ2v) is 14.0. The van der Waals surface area contributed by atoms with Crippen molar-refractivity contribution in [2.45, 2.75) is 0 Å². The van der Waals surface area contributed by atoms with Gasteiger partial charge in [-0.25, -0.2) is 0 Å². The fourth-order valence-corrected chi connectivity index (χ4v) is 9.25. The van der Waals surface area contributed by atoms with Crippen molar-refractivity contribution in [1.29, 1.82) is 0 Å². The molecule has 8 aromatic carbocycles. The van der Waals surface area contributed by atoms with Crippen LogP contribution in [0.15, 0.2) is 170 Å². The molecular weight excluding hydrogens is 613 g/mol. The van der Waals surface area contributed by atoms with Crippen LogP contribution in [0.1, 0.15) is 0 Å². The summed E-state index contributed by atoms with van der Waals surface area (Å²) in [6.07, 6.45) is 0. The van der Waals surface area contributed by atoms with E-state index in [1.54, 1.807) is 0 Å². The molecule has 10 aromatic rings. The standard InChI is InChI=1S/C46H28N2S/c1-2-14-32(15-3-1)47-40-20-6-4-17-34(40)37-26-31(23-24-41(37)47)30-13-8-16-33(25-30)48-42-21-10-12-29-11-9-19-36(46(29)42)38-27-39-35-18-5-7-22-44(35)49-45(39)28-43(38)48/h1-28H. The normalized spacial score (nSPS) is 12.4. The number of benzene rings is 8. The van der Waals surface area contributed by atoms with E-state index in [0.717, 1.165) is 5.69 Å². The van der Waals surface area contributed by atoms with Crippen molar-refractivity contribution in [1.82, 2.24) is 4.57 Å². The van der Waals surface area contributed by atoms with Gasteiger partial charge in [0.05, 0.1) is 22.4 Å². The van der Waals surface area contributed by atoms with Gasteiger partial charge < -0.3 is 9.47 Å². The summed E-state index contributed by atoms with van der Waals surface area (Å²) in [7, 11) is 0. The topological polar surface area (TPSA) is 8.17 Å². The van der Waals surface area contributed by atoms with E-state index in [1.807, 2.05) is 11.3 Å². The minimum atomic E-state index is 1.16. The van der Waals surface area contributed by atoms with Crippen LogP contribution in [-0.4, -0.2) is 4.57 Å². The summed E-state index contributed by atoms with van der Waals surface area (Å²) in [6, 6.07) is 62.5. The third kappa shape index (κ3) is 3.88. The van der Waals surface area contributed by atoms with Gasteiger partial charge in [0, 0.05) is 53.3 Å². The number of fused-ring (bicyclic) bond motifs is 8. The van der Waals surface area contributed by atoms with E-state index in [1.165, 1.54) is 92.1 Å². The van der Waals surface area contributed by atoms with Crippen LogP contribution in [0.25, 0.3) is 80.7 Å². The molecule has 0 amide bonds. The van der Waals surface area contributed by atoms with E-state index < -0.39 is 0 Å². The molecule has 3 heterocycles. The van der Waals surface area contributed by atoms with E-state index in [0.29, 0.717) is 0 Å². The lowest BCUT2D eigenvalue weighted by molar-refractivity contribution is 1.18. The van der Waals surface area contributed by atoms with Gasteiger partial charge in [-0.3, -0.25) is 0 Å². The molecule has 49 heavy (non-hydrogen) atoms. The Morgan fingerprint density at radius 1 is 0.388 bits per heavy atom. The van der Waals surface area contributed by atoms with Gasteiger partial charge in [-0.2, -0.15) is 0 Å². The molecule has 0 aliphatic carbocycles. The number of hydrogen-bond donors (Lipinski definition) is 0. The first-order valence-electron chi connectivity index (χ1n) is 16.8. The Morgan fingerprint density at radius 2 is 1.12 bits per heavy atom. The number of hydrogen-bond acceptors (Lipinski definition) is 2. The van der Waals surface area contributed by atoms with Crippen molar-refractivity contribution < 1.29 is 0 Å². The van der Waals surface area contributed by atoms with Gasteiger partial charge in [0.25, 0.3) is 0 Å². The highest BCUT2D eigenvalue weighted by Gasteiger charge is 2.27. The first kappa shape index (κ1) is 26.9. The summed E-state index contributed by atoms with van der Waals surface area (Å²) in [5.74, 6) is 0. The first-order chi connectivity index (χ1) is 24.3. The molecule has 0 unspecified atom stereocenters. The van der Waals surface area contributed by atoms with Gasteiger partial charge in [-0.1, -0.05) is 103 Å². The molecule has 1 aliphatic rings. The summed E-state index contributed by atoms with van der Waals surface area (Å²) in [5, 5.41) is 7.74. The quantitative estimate of drug-likeness (QED) is 0.187. The predicted octanol–water partition coefficient (Wildman–Crippen LogP) is 13.4. The number of anilines is 3. The van der Waals surface area contributed by atoms with Crippen LogP contribution in [0.2, 0.25) is 0 Å². The van der Waals surface area contributed by atoms with Crippen molar-refractivity contribution in [2.24, 2.45) is 0 Å². The predicted molar refractivity (Wildman–Crippen MR) is 210 cm³/mol. The van der Waals surface area contributed by atoms with Crippen LogP contribution in [0.3, 0.4) is 0 Å². The Labute approximate surface area is 287 Å². The molecule has 3 heteroatoms. The zero-order valence-corrected chi connectivity index (χ0v) is 27.3. The molecule has 0 saturated carbocycles. The van der Waals surface area contributed by atoms with Crippen LogP contribution >= 0.6 is 11.3 Å². The zero-order valence-electron chi connectivity index (χ0n) is 26.5. The van der Waals surface area contributed by atoms with Gasteiger partial charge in [0.2, 0.25) is 0 Å². The number of nitrogens with zero attached hydrogens (tertiary/aromatic N) is 2. The third-order valence-corrected chi connectivity index (χ3v) is 11.4. The molecule has 1 aliphatic heterocycles. The lowest BCUT2D eigenvalue weighted by Crippen LogP contribution is -2.15. The minimum absolute atomic E-state index is 1.16. The zero-order chi connectivity index (χ0) is 32.1. The van der Waals surface area contributed by atoms with Crippen molar-refractivity contribution in [3.05, 3.63) is 170 Å². The van der Waals surface area contributed by atoms with Crippen LogP contribution in [0.5, 0.6) is 0 Å². The van der Waals surface area contributed by atoms with E-state index in [-0.39, 0.29) is 0 Å². The van der Waals surface area contributed by atoms with E-state index in [4.69, 9.17) is 0 Å². The molecule has 11 rings (SSSR count). The van der Waals surface area contributed by atoms with Crippen LogP contribution in [0, 0.1) is 0 Å². The molecule has 0 fully saturated rings. The van der Waals surface area contributed by atoms with Gasteiger partial charge in [0.15, 0.2) is 0 Å². The molecular formula is C46H28N2S. The Hall–Kier alpha value is -6.16. The molecule has 0 spiro atoms. The van der Waals surface area contributed by atoms with Crippen molar-refractivity contribution >= 4 is 81.1 Å². The third-order valence-electron chi connectivity index (χ3n) is 10.3. The van der Waals surface area contributed by atoms with E-state index in [9.17, 15) is 0 Å². The maximum Gasteiger partial charge on any atom is 0.0555 e. The molecule has 2 aromatic heterocycles. The average Bonchev–Trinajstić information content (AvgIpc) is 3.70. The summed E-state index contributed by atoms with van der Waals surface area (Å²) in [5.41, 5.74) is 12.2. The molecule has 0 bridgehead atoms. The fourth-order valence-electron chi connectivity index (χ4n) is 8.13. The number of thiophene rings is 1. The van der Waals surface area contributed by atoms with E-state index >= 15 is 0 Å². The number of aromatic nitrogens is 1. The molecule has 2 nitrogen and oxygen atoms in total. The summed E-state index contributed by atoms with van der Waals surface area (Å²) in [4.78, 5) is 2.48. The number of rotatable bonds is 3. The summed E-state index contributed by atoms with van der Waals surface area (Å²) in [6.45, 7) is 0. The molecule has 228 valence electrons. The Bertz CT molecular complexity index is 2940. The summed E-state index contributed by atoms with van der Waals surface area (Å²) < 4.78 is 5.02. The van der Waals surface area contributed by atoms with E-state index in [2.05, 4.69) is 179 Å². The second kappa shape index (κ2) is 10.2. The van der Waals surface area contributed by atoms with Crippen LogP contribution in [0.4, 0.5) is 17.1 Å². The Kier molecular flexibility index (Phi) is 5.57. The maximum atomic E-state index is 2.48. The highest BCUT2D eigenvalue weighted by molar-refractivity contribution is 7.25. The average molecular weight is 641 g/mol. The smallest absolute Gasteiger partial charge is 0.0555 e. The molecule has 0 saturated heterocycles. The monoisotopic (exact) mass is 640 g/mol. The Balaban J connectivity index is 1.13. The van der Waals surface area contributed by atoms with Gasteiger partial charge >= 0.3 is 0 Å². The lowest BCUT2D eigenvalue weighted by Gasteiger charge is -2.34. The van der Waals surface area contributed by atoms with Crippen LogP contribution in [-0.2, 0) is 0 Å². The van der Waals surface area contributed by atoms with Crippen LogP contribution < -0.4 is 4.90 Å². The number of para-hydroxylation sites is 2. The molecule has 0 N–H and O–H groups in total. The molecule has 0 atom stereocenters. The maximum absolute atomic E-state index is 2.48. The second-order valence-electron chi connectivity index (χ2n) is 13.0. The van der Waals surface area contributed by atoms with Gasteiger partial charge in [0.1, 0.15) is 0 Å². The highest BCUT2D eigenvalue weighted by atomic mass is 32.1. The highest BCUT2D eigenvalue weighted by Crippen LogP contribution is 2.53. The first-order valence-corrected chi connectivity index (χ1v) is 17.6. The lowest BCUT2D eigenvalue weighted by atomic mass is 9.89. The fraction of sp³-hybridized carbons (Fsp3) is 0. The molecule has 0 radical (unpaired) electrons. The minimum Gasteiger partial charge on any atom is -0.309 e. The van der Waals surface area contributed by atoms with Crippen molar-refractivity contribution in [3.63, 3.8) is 0 Å². The van der Waals surface area contributed by atoms with Gasteiger partial charge in [-0.15, -0.1) is 11.3 Å². The Morgan fingerprint density at radius 3 is 2.04 bits per heavy atom. The SMILES string of the molecule is c1ccc(-n2c3ccccc3c3cc(-c4cccc(N5c6cc7sc8ccccc8c7cc6-c6cccc7cccc5c67)c4)ccc32)cc1. The summed E-state index contributed by atoms with van der Waals surface area (Å²) >= 11 is 1.88. The van der Waals surface area contributed by atoms with Crippen molar-refractivity contribution in [3.8, 4) is 27.9 Å². The van der Waals surface area contributed by atoms with Crippen molar-refractivity contribution in [2.75, 3.05) is 4.90 Å². The van der Waals surface area contributed by atoms with Gasteiger partial charge in [-0.05, 0) is 88.8 Å². The largest absolute Gasteiger partial charge is 0.309 e.